The van der Waals surface area contributed by atoms with Gasteiger partial charge in [-0.2, -0.15) is 5.26 Å². The smallest absolute Gasteiger partial charge is 0.134 e. The summed E-state index contributed by atoms with van der Waals surface area (Å²) in [5.41, 5.74) is 2.24. The molecule has 4 atom stereocenters. The highest BCUT2D eigenvalue weighted by molar-refractivity contribution is 5.57. The molecule has 2 heterocycles. The normalized spacial score (nSPS) is 24.5. The van der Waals surface area contributed by atoms with Crippen LogP contribution in [0.2, 0.25) is 0 Å². The Morgan fingerprint density at radius 3 is 2.59 bits per heavy atom. The Kier molecular flexibility index (Phi) is 6.34. The fraction of sp³-hybridized carbons (Fsp3) is 0.522. The average Bonchev–Trinajstić information content (AvgIpc) is 3.15. The summed E-state index contributed by atoms with van der Waals surface area (Å²) in [6.45, 7) is 8.05. The van der Waals surface area contributed by atoms with Crippen LogP contribution >= 0.6 is 0 Å². The van der Waals surface area contributed by atoms with Gasteiger partial charge >= 0.3 is 0 Å². The molecule has 0 spiro atoms. The Morgan fingerprint density at radius 2 is 1.96 bits per heavy atom. The number of aryl methyl sites for hydroxylation is 1. The molecule has 4 heteroatoms. The predicted octanol–water partition coefficient (Wildman–Crippen LogP) is 5.46. The van der Waals surface area contributed by atoms with E-state index in [1.54, 1.807) is 0 Å². The third kappa shape index (κ3) is 4.78. The number of nitrogens with zero attached hydrogens (tertiary/aromatic N) is 2. The number of alkyl halides is 1. The lowest BCUT2D eigenvalue weighted by Crippen LogP contribution is -2.46. The third-order valence-electron chi connectivity index (χ3n) is 5.77. The topological polar surface area (TPSA) is 40.2 Å². The summed E-state index contributed by atoms with van der Waals surface area (Å²) < 4.78 is 20.3. The van der Waals surface area contributed by atoms with Crippen molar-refractivity contribution in [1.82, 2.24) is 4.90 Å². The van der Waals surface area contributed by atoms with Crippen molar-refractivity contribution in [2.24, 2.45) is 17.8 Å². The van der Waals surface area contributed by atoms with Gasteiger partial charge in [0.2, 0.25) is 0 Å². The molecule has 1 saturated heterocycles. The number of hydrogen-bond acceptors (Lipinski definition) is 3. The van der Waals surface area contributed by atoms with E-state index in [4.69, 9.17) is 9.68 Å². The first-order chi connectivity index (χ1) is 13.0. The van der Waals surface area contributed by atoms with Crippen molar-refractivity contribution in [1.29, 1.82) is 5.26 Å². The van der Waals surface area contributed by atoms with Crippen molar-refractivity contribution in [2.45, 2.75) is 46.3 Å². The summed E-state index contributed by atoms with van der Waals surface area (Å²) >= 11 is 0. The molecule has 4 unspecified atom stereocenters. The van der Waals surface area contributed by atoms with E-state index in [0.29, 0.717) is 6.54 Å². The highest BCUT2D eigenvalue weighted by Crippen LogP contribution is 2.31. The van der Waals surface area contributed by atoms with Crippen molar-refractivity contribution in [3.05, 3.63) is 47.7 Å². The zero-order valence-electron chi connectivity index (χ0n) is 16.5. The van der Waals surface area contributed by atoms with Crippen LogP contribution in [-0.4, -0.2) is 24.2 Å². The van der Waals surface area contributed by atoms with E-state index >= 15 is 0 Å². The van der Waals surface area contributed by atoms with Gasteiger partial charge in [-0.25, -0.2) is 4.39 Å². The van der Waals surface area contributed by atoms with Crippen molar-refractivity contribution in [2.75, 3.05) is 13.1 Å². The minimum atomic E-state index is -0.829. The molecule has 3 nitrogen and oxygen atoms in total. The monoisotopic (exact) mass is 368 g/mol. The maximum absolute atomic E-state index is 14.5. The molecule has 144 valence electrons. The summed E-state index contributed by atoms with van der Waals surface area (Å²) in [7, 11) is 0. The molecule has 0 N–H and O–H groups in total. The van der Waals surface area contributed by atoms with Gasteiger partial charge < -0.3 is 4.42 Å². The van der Waals surface area contributed by atoms with Crippen LogP contribution in [0, 0.1) is 29.1 Å². The largest absolute Gasteiger partial charge is 0.461 e. The molecule has 27 heavy (non-hydrogen) atoms. The number of piperidine rings is 1. The van der Waals surface area contributed by atoms with E-state index in [9.17, 15) is 4.39 Å². The minimum Gasteiger partial charge on any atom is -0.461 e. The molecule has 0 saturated carbocycles. The molecule has 0 radical (unpaired) electrons. The van der Waals surface area contributed by atoms with E-state index in [1.165, 1.54) is 5.56 Å². The SMILES string of the molecule is CCc1ccc(-c2ccc(CN3CC(F)C(C)C(CC(C)C#N)C3)cc2)o1. The average molecular weight is 368 g/mol. The maximum atomic E-state index is 14.5. The van der Waals surface area contributed by atoms with Gasteiger partial charge in [0.15, 0.2) is 0 Å². The lowest BCUT2D eigenvalue weighted by molar-refractivity contribution is 0.0336. The number of halogens is 1. The quantitative estimate of drug-likeness (QED) is 0.679. The summed E-state index contributed by atoms with van der Waals surface area (Å²) in [4.78, 5) is 2.19. The van der Waals surface area contributed by atoms with E-state index in [-0.39, 0.29) is 17.8 Å². The van der Waals surface area contributed by atoms with E-state index in [1.807, 2.05) is 26.0 Å². The van der Waals surface area contributed by atoms with Crippen LogP contribution in [0.1, 0.15) is 38.5 Å². The van der Waals surface area contributed by atoms with Crippen molar-refractivity contribution < 1.29 is 8.81 Å². The predicted molar refractivity (Wildman–Crippen MR) is 106 cm³/mol. The van der Waals surface area contributed by atoms with Crippen molar-refractivity contribution in [3.63, 3.8) is 0 Å². The van der Waals surface area contributed by atoms with Crippen LogP contribution in [0.4, 0.5) is 4.39 Å². The molecule has 0 bridgehead atoms. The first-order valence-electron chi connectivity index (χ1n) is 9.94. The fourth-order valence-corrected chi connectivity index (χ4v) is 3.96. The van der Waals surface area contributed by atoms with Crippen LogP contribution < -0.4 is 0 Å². The molecule has 2 aromatic rings. The first kappa shape index (κ1) is 19.6. The maximum Gasteiger partial charge on any atom is 0.134 e. The number of hydrogen-bond donors (Lipinski definition) is 0. The zero-order chi connectivity index (χ0) is 19.4. The summed E-state index contributed by atoms with van der Waals surface area (Å²) in [5.74, 6) is 2.11. The summed E-state index contributed by atoms with van der Waals surface area (Å²) in [5, 5.41) is 9.09. The lowest BCUT2D eigenvalue weighted by atomic mass is 9.80. The highest BCUT2D eigenvalue weighted by atomic mass is 19.1. The second kappa shape index (κ2) is 8.71. The second-order valence-corrected chi connectivity index (χ2v) is 7.91. The number of rotatable bonds is 6. The van der Waals surface area contributed by atoms with E-state index in [2.05, 4.69) is 42.2 Å². The molecule has 1 aromatic heterocycles. The van der Waals surface area contributed by atoms with Crippen LogP contribution in [0.3, 0.4) is 0 Å². The number of likely N-dealkylation sites (tertiary alicyclic amines) is 1. The Bertz CT molecular complexity index is 776. The molecule has 0 amide bonds. The van der Waals surface area contributed by atoms with Gasteiger partial charge in [-0.05, 0) is 42.9 Å². The van der Waals surface area contributed by atoms with Crippen LogP contribution in [0.25, 0.3) is 11.3 Å². The number of furan rings is 1. The Labute approximate surface area is 161 Å². The minimum absolute atomic E-state index is 0.0196. The molecular formula is C23H29FN2O. The van der Waals surface area contributed by atoms with Gasteiger partial charge in [-0.3, -0.25) is 4.90 Å². The standard InChI is InChI=1S/C23H29FN2O/c1-4-21-9-10-23(27-21)19-7-5-18(6-8-19)13-26-14-20(11-16(2)12-25)17(3)22(24)15-26/h5-10,16-17,20,22H,4,11,13-15H2,1-3H3. The van der Waals surface area contributed by atoms with Gasteiger partial charge in [0.05, 0.1) is 6.07 Å². The number of benzene rings is 1. The molecule has 1 fully saturated rings. The molecule has 1 aromatic carbocycles. The first-order valence-corrected chi connectivity index (χ1v) is 9.94. The van der Waals surface area contributed by atoms with Crippen LogP contribution in [0.5, 0.6) is 0 Å². The van der Waals surface area contributed by atoms with E-state index in [0.717, 1.165) is 43.0 Å². The molecule has 1 aliphatic rings. The van der Waals surface area contributed by atoms with Crippen molar-refractivity contribution in [3.8, 4) is 17.4 Å². The third-order valence-corrected chi connectivity index (χ3v) is 5.77. The fourth-order valence-electron chi connectivity index (χ4n) is 3.96. The van der Waals surface area contributed by atoms with Gasteiger partial charge in [-0.15, -0.1) is 0 Å². The van der Waals surface area contributed by atoms with Crippen LogP contribution in [-0.2, 0) is 13.0 Å². The molecular weight excluding hydrogens is 339 g/mol. The highest BCUT2D eigenvalue weighted by Gasteiger charge is 2.34. The zero-order valence-corrected chi connectivity index (χ0v) is 16.5. The van der Waals surface area contributed by atoms with Gasteiger partial charge in [0, 0.05) is 37.5 Å². The Morgan fingerprint density at radius 1 is 1.22 bits per heavy atom. The molecule has 3 rings (SSSR count). The Balaban J connectivity index is 1.64. The Hall–Kier alpha value is -2.12. The van der Waals surface area contributed by atoms with Crippen LogP contribution in [0.15, 0.2) is 40.8 Å². The molecule has 0 aliphatic carbocycles. The van der Waals surface area contributed by atoms with Crippen molar-refractivity contribution >= 4 is 0 Å². The van der Waals surface area contributed by atoms with Gasteiger partial charge in [0.25, 0.3) is 0 Å². The van der Waals surface area contributed by atoms with E-state index < -0.39 is 6.17 Å². The summed E-state index contributed by atoms with van der Waals surface area (Å²) in [6, 6.07) is 14.7. The summed E-state index contributed by atoms with van der Waals surface area (Å²) in [6.07, 6.45) is 0.831. The second-order valence-electron chi connectivity index (χ2n) is 7.91. The molecule has 1 aliphatic heterocycles. The van der Waals surface area contributed by atoms with Gasteiger partial charge in [-0.1, -0.05) is 38.1 Å². The van der Waals surface area contributed by atoms with Gasteiger partial charge in [0.1, 0.15) is 17.7 Å². The lowest BCUT2D eigenvalue weighted by Gasteiger charge is -2.39. The number of nitriles is 1.